The molecule has 5 heteroatoms. The second-order valence-corrected chi connectivity index (χ2v) is 5.68. The third kappa shape index (κ3) is 5.54. The lowest BCUT2D eigenvalue weighted by Crippen LogP contribution is -2.36. The molecule has 0 radical (unpaired) electrons. The van der Waals surface area contributed by atoms with E-state index in [2.05, 4.69) is 5.32 Å². The van der Waals surface area contributed by atoms with Crippen molar-refractivity contribution in [3.63, 3.8) is 0 Å². The summed E-state index contributed by atoms with van der Waals surface area (Å²) >= 11 is 0. The summed E-state index contributed by atoms with van der Waals surface area (Å²) in [5.74, 6) is -0.0560. The predicted octanol–water partition coefficient (Wildman–Crippen LogP) is 2.42. The number of hydrogen-bond acceptors (Lipinski definition) is 4. The molecule has 5 nitrogen and oxygen atoms in total. The largest absolute Gasteiger partial charge is 0.490 e. The Hall–Kier alpha value is -2.11. The number of aliphatic hydroxyl groups excluding tert-OH is 1. The number of hydrogen-bond donors (Lipinski definition) is 3. The molecule has 0 saturated heterocycles. The first-order valence-corrected chi connectivity index (χ1v) is 7.80. The number of ether oxygens (including phenoxy) is 1. The summed E-state index contributed by atoms with van der Waals surface area (Å²) in [6.07, 6.45) is 0.00413. The number of carbonyl (C=O) groups is 1. The van der Waals surface area contributed by atoms with Crippen molar-refractivity contribution in [2.75, 3.05) is 13.2 Å². The van der Waals surface area contributed by atoms with Gasteiger partial charge in [0.15, 0.2) is 0 Å². The van der Waals surface area contributed by atoms with Crippen LogP contribution in [-0.4, -0.2) is 41.5 Å². The van der Waals surface area contributed by atoms with Crippen LogP contribution in [0.3, 0.4) is 0 Å². The quantitative estimate of drug-likeness (QED) is 0.662. The number of carboxylic acids is 1. The van der Waals surface area contributed by atoms with E-state index in [1.165, 1.54) is 0 Å². The number of aliphatic carboxylic acids is 1. The Labute approximate surface area is 135 Å². The number of rotatable bonds is 9. The van der Waals surface area contributed by atoms with Gasteiger partial charge in [0.1, 0.15) is 18.5 Å². The zero-order chi connectivity index (χ0) is 16.7. The lowest BCUT2D eigenvalue weighted by molar-refractivity contribution is -0.137. The van der Waals surface area contributed by atoms with Gasteiger partial charge in [-0.1, -0.05) is 36.4 Å². The van der Waals surface area contributed by atoms with Crippen molar-refractivity contribution < 1.29 is 19.7 Å². The Morgan fingerprint density at radius 1 is 1.22 bits per heavy atom. The van der Waals surface area contributed by atoms with E-state index in [9.17, 15) is 9.90 Å². The molecule has 124 valence electrons. The van der Waals surface area contributed by atoms with E-state index in [1.807, 2.05) is 49.4 Å². The fraction of sp³-hybridized carbons (Fsp3) is 0.389. The fourth-order valence-corrected chi connectivity index (χ4v) is 2.35. The van der Waals surface area contributed by atoms with Gasteiger partial charge in [-0.05, 0) is 24.8 Å². The van der Waals surface area contributed by atoms with E-state index >= 15 is 0 Å². The van der Waals surface area contributed by atoms with Gasteiger partial charge in [0.05, 0.1) is 0 Å². The highest BCUT2D eigenvalue weighted by molar-refractivity contribution is 5.88. The van der Waals surface area contributed by atoms with Gasteiger partial charge < -0.3 is 20.3 Å². The van der Waals surface area contributed by atoms with E-state index in [1.54, 1.807) is 0 Å². The van der Waals surface area contributed by atoms with Crippen LogP contribution < -0.4 is 10.1 Å². The summed E-state index contributed by atoms with van der Waals surface area (Å²) in [5, 5.41) is 23.9. The Kier molecular flexibility index (Phi) is 6.38. The molecule has 0 aromatic heterocycles. The average molecular weight is 317 g/mol. The average Bonchev–Trinajstić information content (AvgIpc) is 2.56. The summed E-state index contributed by atoms with van der Waals surface area (Å²) in [6, 6.07) is 13.8. The number of aliphatic hydroxyl groups is 1. The van der Waals surface area contributed by atoms with Gasteiger partial charge in [-0.25, -0.2) is 0 Å². The molecule has 2 aromatic carbocycles. The van der Waals surface area contributed by atoms with Gasteiger partial charge in [-0.15, -0.1) is 0 Å². The zero-order valence-electron chi connectivity index (χ0n) is 13.2. The molecule has 0 amide bonds. The molecular weight excluding hydrogens is 294 g/mol. The molecule has 0 aliphatic heterocycles. The van der Waals surface area contributed by atoms with E-state index < -0.39 is 12.1 Å². The molecule has 2 unspecified atom stereocenters. The van der Waals surface area contributed by atoms with Crippen LogP contribution in [0.1, 0.15) is 19.8 Å². The van der Waals surface area contributed by atoms with Crippen molar-refractivity contribution >= 4 is 16.7 Å². The van der Waals surface area contributed by atoms with Gasteiger partial charge in [0.2, 0.25) is 0 Å². The summed E-state index contributed by atoms with van der Waals surface area (Å²) in [6.45, 7) is 2.46. The lowest BCUT2D eigenvalue weighted by Gasteiger charge is -2.17. The van der Waals surface area contributed by atoms with Crippen LogP contribution in [0.4, 0.5) is 0 Å². The SMILES string of the molecule is CC(CCC(=O)O)NCC(O)COc1cccc2ccccc12. The Balaban J connectivity index is 1.79. The molecule has 3 N–H and O–H groups in total. The standard InChI is InChI=1S/C18H23NO4/c1-13(9-10-18(21)22)19-11-15(20)12-23-17-8-4-6-14-5-2-3-7-16(14)17/h2-8,13,15,19-20H,9-12H2,1H3,(H,21,22). The van der Waals surface area contributed by atoms with Gasteiger partial charge in [0.25, 0.3) is 0 Å². The molecule has 23 heavy (non-hydrogen) atoms. The highest BCUT2D eigenvalue weighted by atomic mass is 16.5. The van der Waals surface area contributed by atoms with E-state index in [-0.39, 0.29) is 19.1 Å². The summed E-state index contributed by atoms with van der Waals surface area (Å²) < 4.78 is 5.73. The monoisotopic (exact) mass is 317 g/mol. The third-order valence-corrected chi connectivity index (χ3v) is 3.67. The van der Waals surface area contributed by atoms with Crippen molar-refractivity contribution in [3.05, 3.63) is 42.5 Å². The maximum absolute atomic E-state index is 10.5. The minimum atomic E-state index is -0.807. The number of fused-ring (bicyclic) bond motifs is 1. The molecule has 0 aliphatic carbocycles. The molecule has 2 atom stereocenters. The molecule has 0 fully saturated rings. The predicted molar refractivity (Wildman–Crippen MR) is 89.8 cm³/mol. The molecule has 2 aromatic rings. The summed E-state index contributed by atoms with van der Waals surface area (Å²) in [5.41, 5.74) is 0. The maximum atomic E-state index is 10.5. The van der Waals surface area contributed by atoms with Gasteiger partial charge >= 0.3 is 5.97 Å². The summed E-state index contributed by atoms with van der Waals surface area (Å²) in [7, 11) is 0. The molecule has 2 rings (SSSR count). The van der Waals surface area contributed by atoms with Crippen molar-refractivity contribution in [1.29, 1.82) is 0 Å². The Morgan fingerprint density at radius 3 is 2.74 bits per heavy atom. The molecule has 0 saturated carbocycles. The lowest BCUT2D eigenvalue weighted by atomic mass is 10.1. The highest BCUT2D eigenvalue weighted by Crippen LogP contribution is 2.25. The summed E-state index contributed by atoms with van der Waals surface area (Å²) in [4.78, 5) is 10.5. The van der Waals surface area contributed by atoms with Crippen molar-refractivity contribution in [2.24, 2.45) is 0 Å². The van der Waals surface area contributed by atoms with Crippen LogP contribution in [0.5, 0.6) is 5.75 Å². The van der Waals surface area contributed by atoms with E-state index in [0.717, 1.165) is 16.5 Å². The van der Waals surface area contributed by atoms with Crippen molar-refractivity contribution in [1.82, 2.24) is 5.32 Å². The molecule has 0 heterocycles. The topological polar surface area (TPSA) is 78.8 Å². The Bertz CT molecular complexity index is 638. The normalized spacial score (nSPS) is 13.7. The number of benzene rings is 2. The molecule has 0 spiro atoms. The van der Waals surface area contributed by atoms with Crippen LogP contribution in [-0.2, 0) is 4.79 Å². The van der Waals surface area contributed by atoms with Crippen LogP contribution in [0, 0.1) is 0 Å². The second kappa shape index (κ2) is 8.50. The van der Waals surface area contributed by atoms with Gasteiger partial charge in [0, 0.05) is 24.4 Å². The van der Waals surface area contributed by atoms with E-state index in [4.69, 9.17) is 9.84 Å². The highest BCUT2D eigenvalue weighted by Gasteiger charge is 2.10. The minimum absolute atomic E-state index is 0.0401. The van der Waals surface area contributed by atoms with Crippen LogP contribution >= 0.6 is 0 Å². The van der Waals surface area contributed by atoms with Crippen molar-refractivity contribution in [2.45, 2.75) is 31.9 Å². The second-order valence-electron chi connectivity index (χ2n) is 5.68. The third-order valence-electron chi connectivity index (χ3n) is 3.67. The zero-order valence-corrected chi connectivity index (χ0v) is 13.2. The fourth-order valence-electron chi connectivity index (χ4n) is 2.35. The first-order chi connectivity index (χ1) is 11.1. The molecule has 0 aliphatic rings. The molecule has 0 bridgehead atoms. The van der Waals surface area contributed by atoms with Gasteiger partial charge in [-0.3, -0.25) is 4.79 Å². The minimum Gasteiger partial charge on any atom is -0.490 e. The number of nitrogens with one attached hydrogen (secondary N) is 1. The maximum Gasteiger partial charge on any atom is 0.303 e. The number of carboxylic acid groups (broad SMARTS) is 1. The van der Waals surface area contributed by atoms with Crippen LogP contribution in [0.15, 0.2) is 42.5 Å². The first kappa shape index (κ1) is 17.2. The molecular formula is C18H23NO4. The van der Waals surface area contributed by atoms with Crippen LogP contribution in [0.2, 0.25) is 0 Å². The van der Waals surface area contributed by atoms with Gasteiger partial charge in [-0.2, -0.15) is 0 Å². The van der Waals surface area contributed by atoms with E-state index in [0.29, 0.717) is 13.0 Å². The van der Waals surface area contributed by atoms with Crippen molar-refractivity contribution in [3.8, 4) is 5.75 Å². The first-order valence-electron chi connectivity index (χ1n) is 7.80. The smallest absolute Gasteiger partial charge is 0.303 e. The Morgan fingerprint density at radius 2 is 1.96 bits per heavy atom. The van der Waals surface area contributed by atoms with Crippen LogP contribution in [0.25, 0.3) is 10.8 Å².